The Balaban J connectivity index is 1.41. The van der Waals surface area contributed by atoms with Crippen LogP contribution < -0.4 is 4.90 Å². The van der Waals surface area contributed by atoms with Crippen LogP contribution >= 0.6 is 0 Å². The van der Waals surface area contributed by atoms with Crippen LogP contribution in [-0.2, 0) is 24.3 Å². The summed E-state index contributed by atoms with van der Waals surface area (Å²) >= 11 is 0. The van der Waals surface area contributed by atoms with Crippen LogP contribution in [0.4, 0.5) is 10.5 Å². The lowest BCUT2D eigenvalue weighted by Gasteiger charge is -2.42. The molecule has 206 valence electrons. The van der Waals surface area contributed by atoms with Gasteiger partial charge in [-0.15, -0.1) is 0 Å². The van der Waals surface area contributed by atoms with Gasteiger partial charge in [0.15, 0.2) is 0 Å². The molecule has 1 saturated carbocycles. The normalized spacial score (nSPS) is 24.4. The fourth-order valence-corrected chi connectivity index (χ4v) is 7.41. The Bertz CT molecular complexity index is 1430. The molecule has 3 amide bonds. The Kier molecular flexibility index (Phi) is 6.91. The van der Waals surface area contributed by atoms with Crippen LogP contribution in [-0.4, -0.2) is 42.8 Å². The second kappa shape index (κ2) is 9.93. The highest BCUT2D eigenvalue weighted by Crippen LogP contribution is 2.53. The van der Waals surface area contributed by atoms with Crippen LogP contribution in [0.5, 0.6) is 0 Å². The highest BCUT2D eigenvalue weighted by atomic mass is 32.2. The number of imide groups is 1. The number of nitrogens with zero attached hydrogens (tertiary/aromatic N) is 2. The summed E-state index contributed by atoms with van der Waals surface area (Å²) in [5.74, 6) is -1.51. The number of rotatable bonds is 6. The van der Waals surface area contributed by atoms with Crippen LogP contribution in [0.25, 0.3) is 0 Å². The molecule has 0 N–H and O–H groups in total. The number of ether oxygens (including phenoxy) is 1. The van der Waals surface area contributed by atoms with Gasteiger partial charge in [-0.3, -0.25) is 14.5 Å². The van der Waals surface area contributed by atoms with Crippen molar-refractivity contribution >= 4 is 33.6 Å². The van der Waals surface area contributed by atoms with E-state index in [9.17, 15) is 22.8 Å². The van der Waals surface area contributed by atoms with E-state index < -0.39 is 33.6 Å². The smallest absolute Gasteiger partial charge is 0.424 e. The number of fused-ring (bicyclic) bond motifs is 1. The van der Waals surface area contributed by atoms with Gasteiger partial charge in [0.05, 0.1) is 22.4 Å². The summed E-state index contributed by atoms with van der Waals surface area (Å²) in [6, 6.07) is 15.3. The van der Waals surface area contributed by atoms with Gasteiger partial charge < -0.3 is 4.74 Å². The second-order valence-electron chi connectivity index (χ2n) is 11.6. The second-order valence-corrected chi connectivity index (χ2v) is 13.5. The fourth-order valence-electron chi connectivity index (χ4n) is 6.11. The van der Waals surface area contributed by atoms with Gasteiger partial charge in [-0.05, 0) is 83.1 Å². The molecule has 8 nitrogen and oxygen atoms in total. The zero-order valence-electron chi connectivity index (χ0n) is 22.7. The number of benzene rings is 2. The molecule has 4 aliphatic rings. The van der Waals surface area contributed by atoms with Crippen LogP contribution in [0.15, 0.2) is 71.1 Å². The monoisotopic (exact) mass is 550 g/mol. The molecule has 2 bridgehead atoms. The Morgan fingerprint density at radius 3 is 2.26 bits per heavy atom. The Morgan fingerprint density at radius 1 is 0.974 bits per heavy atom. The van der Waals surface area contributed by atoms with Gasteiger partial charge in [0.1, 0.15) is 5.60 Å². The molecule has 4 atom stereocenters. The van der Waals surface area contributed by atoms with Crippen LogP contribution in [0, 0.1) is 30.6 Å². The van der Waals surface area contributed by atoms with Crippen molar-refractivity contribution in [2.75, 3.05) is 11.4 Å². The standard InChI is InChI=1S/C30H34N2O6S/c1-19-10-13-23(14-11-19)39(36,37)31(29(35)38-30(2,3)4)17-16-20-18-21-12-15-24(20)26-25(21)27(33)32(28(26)34)22-8-6-5-7-9-22/h5-11,13-14,18,21,24-26H,12,15-17H2,1-4H3/t21-,24+,25?,26?/m0/s1. The van der Waals surface area contributed by atoms with Crippen molar-refractivity contribution < 1.29 is 27.5 Å². The maximum absolute atomic E-state index is 13.6. The number of carbonyl (C=O) groups excluding carboxylic acids is 3. The molecule has 1 saturated heterocycles. The SMILES string of the molecule is Cc1ccc(S(=O)(=O)N(CCC2=C[C@@H]3CC[C@H]2C2C(=O)N(c4ccccc4)C(=O)C23)C(=O)OC(C)(C)C)cc1. The van der Waals surface area contributed by atoms with Crippen molar-refractivity contribution in [2.24, 2.45) is 23.7 Å². The molecular formula is C30H34N2O6S. The highest BCUT2D eigenvalue weighted by molar-refractivity contribution is 7.89. The van der Waals surface area contributed by atoms with Crippen molar-refractivity contribution in [2.45, 2.75) is 57.5 Å². The first-order valence-corrected chi connectivity index (χ1v) is 14.8. The van der Waals surface area contributed by atoms with E-state index in [-0.39, 0.29) is 41.5 Å². The molecule has 39 heavy (non-hydrogen) atoms. The highest BCUT2D eigenvalue weighted by Gasteiger charge is 2.58. The summed E-state index contributed by atoms with van der Waals surface area (Å²) in [6.07, 6.45) is 2.91. The van der Waals surface area contributed by atoms with Crippen LogP contribution in [0.3, 0.4) is 0 Å². The van der Waals surface area contributed by atoms with E-state index in [0.717, 1.165) is 28.3 Å². The number of allylic oxidation sites excluding steroid dienone is 1. The molecule has 6 rings (SSSR count). The van der Waals surface area contributed by atoms with E-state index >= 15 is 0 Å². The minimum absolute atomic E-state index is 0.00763. The van der Waals surface area contributed by atoms with E-state index in [1.54, 1.807) is 57.2 Å². The summed E-state index contributed by atoms with van der Waals surface area (Å²) in [7, 11) is -4.18. The minimum Gasteiger partial charge on any atom is -0.443 e. The van der Waals surface area contributed by atoms with Crippen molar-refractivity contribution in [3.8, 4) is 0 Å². The number of para-hydroxylation sites is 1. The topological polar surface area (TPSA) is 101 Å². The van der Waals surface area contributed by atoms with E-state index in [1.165, 1.54) is 17.0 Å². The van der Waals surface area contributed by atoms with Crippen LogP contribution in [0.2, 0.25) is 0 Å². The zero-order chi connectivity index (χ0) is 28.1. The van der Waals surface area contributed by atoms with Crippen molar-refractivity contribution in [1.82, 2.24) is 4.31 Å². The van der Waals surface area contributed by atoms with Crippen molar-refractivity contribution in [3.05, 3.63) is 71.8 Å². The molecule has 2 aromatic rings. The lowest BCUT2D eigenvalue weighted by atomic mass is 9.60. The van der Waals surface area contributed by atoms with Crippen molar-refractivity contribution in [3.63, 3.8) is 0 Å². The third-order valence-electron chi connectivity index (χ3n) is 7.83. The number of aryl methyl sites for hydroxylation is 1. The Labute approximate surface area is 229 Å². The molecule has 3 aliphatic carbocycles. The Morgan fingerprint density at radius 2 is 1.62 bits per heavy atom. The number of hydrogen-bond acceptors (Lipinski definition) is 6. The molecule has 0 spiro atoms. The number of anilines is 1. The average molecular weight is 551 g/mol. The van der Waals surface area contributed by atoms with E-state index in [4.69, 9.17) is 4.74 Å². The van der Waals surface area contributed by atoms with Gasteiger partial charge >= 0.3 is 6.09 Å². The van der Waals surface area contributed by atoms with Gasteiger partial charge in [0.25, 0.3) is 10.0 Å². The molecule has 0 radical (unpaired) electrons. The fraction of sp³-hybridized carbons (Fsp3) is 0.433. The van der Waals surface area contributed by atoms with E-state index in [1.807, 2.05) is 19.1 Å². The molecular weight excluding hydrogens is 516 g/mol. The van der Waals surface area contributed by atoms with Gasteiger partial charge in [0, 0.05) is 6.54 Å². The third-order valence-corrected chi connectivity index (χ3v) is 9.61. The third kappa shape index (κ3) is 5.00. The maximum Gasteiger partial charge on any atom is 0.424 e. The first-order chi connectivity index (χ1) is 18.4. The predicted octanol–water partition coefficient (Wildman–Crippen LogP) is 5.08. The lowest BCUT2D eigenvalue weighted by Crippen LogP contribution is -2.44. The lowest BCUT2D eigenvalue weighted by molar-refractivity contribution is -0.124. The molecule has 2 fully saturated rings. The number of hydrogen-bond donors (Lipinski definition) is 0. The number of carbonyl (C=O) groups is 3. The minimum atomic E-state index is -4.18. The van der Waals surface area contributed by atoms with Gasteiger partial charge in [-0.2, -0.15) is 0 Å². The molecule has 0 aromatic heterocycles. The largest absolute Gasteiger partial charge is 0.443 e. The first-order valence-electron chi connectivity index (χ1n) is 13.3. The summed E-state index contributed by atoms with van der Waals surface area (Å²) in [5, 5.41) is 0. The molecule has 9 heteroatoms. The summed E-state index contributed by atoms with van der Waals surface area (Å²) in [6.45, 7) is 6.79. The summed E-state index contributed by atoms with van der Waals surface area (Å²) in [5.41, 5.74) is 1.52. The van der Waals surface area contributed by atoms with Crippen LogP contribution in [0.1, 0.15) is 45.6 Å². The molecule has 2 unspecified atom stereocenters. The molecule has 2 aromatic carbocycles. The average Bonchev–Trinajstić information content (AvgIpc) is 3.16. The summed E-state index contributed by atoms with van der Waals surface area (Å²) in [4.78, 5) is 41.4. The van der Waals surface area contributed by atoms with Gasteiger partial charge in [-0.25, -0.2) is 17.5 Å². The van der Waals surface area contributed by atoms with Crippen molar-refractivity contribution in [1.29, 1.82) is 0 Å². The zero-order valence-corrected chi connectivity index (χ0v) is 23.5. The number of sulfonamides is 1. The number of amides is 3. The maximum atomic E-state index is 13.6. The Hall–Kier alpha value is -3.46. The van der Waals surface area contributed by atoms with E-state index in [2.05, 4.69) is 0 Å². The van der Waals surface area contributed by atoms with Gasteiger partial charge in [-0.1, -0.05) is 47.5 Å². The molecule has 1 heterocycles. The summed E-state index contributed by atoms with van der Waals surface area (Å²) < 4.78 is 33.4. The van der Waals surface area contributed by atoms with E-state index in [0.29, 0.717) is 5.69 Å². The van der Waals surface area contributed by atoms with Gasteiger partial charge in [0.2, 0.25) is 11.8 Å². The quantitative estimate of drug-likeness (QED) is 0.367. The predicted molar refractivity (Wildman–Crippen MR) is 146 cm³/mol. The first kappa shape index (κ1) is 27.1. The molecule has 1 aliphatic heterocycles.